The standard InChI is InChI=1S/C33H46N4O8/c1-22-23(2)33(43)37(32(22)42)21-25-3-8-26(9-4-25)31(41)34-15-18-45-20-19-44-17-14-28(38)35-27-10-5-24(6-11-27)7-12-29(39)36-16-13-30(36)40/h5-6,10-11,22-23,25-26H,3-4,7-9,12-21H2,1-2H3,(H,34,41)(H,35,38). The molecular formula is C33H46N4O8. The van der Waals surface area contributed by atoms with Crippen LogP contribution in [0.15, 0.2) is 24.3 Å². The number of anilines is 1. The number of amides is 6. The molecule has 0 spiro atoms. The lowest BCUT2D eigenvalue weighted by molar-refractivity contribution is -0.152. The molecule has 0 aromatic heterocycles. The molecular weight excluding hydrogens is 580 g/mol. The molecule has 2 saturated heterocycles. The second-order valence-electron chi connectivity index (χ2n) is 12.3. The summed E-state index contributed by atoms with van der Waals surface area (Å²) in [5.41, 5.74) is 1.61. The minimum absolute atomic E-state index is 0.0134. The van der Waals surface area contributed by atoms with Crippen LogP contribution in [0.3, 0.4) is 0 Å². The second-order valence-corrected chi connectivity index (χ2v) is 12.3. The van der Waals surface area contributed by atoms with Gasteiger partial charge in [0.2, 0.25) is 35.4 Å². The zero-order chi connectivity index (χ0) is 32.3. The van der Waals surface area contributed by atoms with Crippen molar-refractivity contribution in [3.8, 4) is 0 Å². The van der Waals surface area contributed by atoms with Crippen LogP contribution in [0.1, 0.15) is 64.4 Å². The predicted molar refractivity (Wildman–Crippen MR) is 164 cm³/mol. The first-order chi connectivity index (χ1) is 21.6. The maximum Gasteiger partial charge on any atom is 0.232 e. The fourth-order valence-electron chi connectivity index (χ4n) is 5.89. The number of rotatable bonds is 16. The smallest absolute Gasteiger partial charge is 0.232 e. The second kappa shape index (κ2) is 16.6. The van der Waals surface area contributed by atoms with Crippen LogP contribution in [0.5, 0.6) is 0 Å². The maximum atomic E-state index is 12.6. The normalized spacial score (nSPS) is 23.2. The van der Waals surface area contributed by atoms with E-state index in [1.165, 1.54) is 9.80 Å². The van der Waals surface area contributed by atoms with Crippen LogP contribution in [-0.2, 0) is 44.7 Å². The molecule has 1 saturated carbocycles. The van der Waals surface area contributed by atoms with Gasteiger partial charge in [-0.25, -0.2) is 0 Å². The molecule has 1 aromatic carbocycles. The summed E-state index contributed by atoms with van der Waals surface area (Å²) in [6.45, 7) is 6.30. The van der Waals surface area contributed by atoms with Crippen LogP contribution in [-0.4, -0.2) is 91.3 Å². The van der Waals surface area contributed by atoms with E-state index in [1.54, 1.807) is 12.1 Å². The Morgan fingerprint density at radius 3 is 2.09 bits per heavy atom. The van der Waals surface area contributed by atoms with Gasteiger partial charge in [-0.1, -0.05) is 26.0 Å². The summed E-state index contributed by atoms with van der Waals surface area (Å²) in [6.07, 6.45) is 4.60. The van der Waals surface area contributed by atoms with Crippen LogP contribution in [0.2, 0.25) is 0 Å². The van der Waals surface area contributed by atoms with Gasteiger partial charge in [-0.3, -0.25) is 38.6 Å². The zero-order valence-corrected chi connectivity index (χ0v) is 26.4. The Kier molecular flexibility index (Phi) is 12.6. The Morgan fingerprint density at radius 1 is 0.844 bits per heavy atom. The summed E-state index contributed by atoms with van der Waals surface area (Å²) in [5.74, 6) is -0.883. The number of carbonyl (C=O) groups is 6. The van der Waals surface area contributed by atoms with Crippen LogP contribution in [0, 0.1) is 23.7 Å². The minimum atomic E-state index is -0.252. The predicted octanol–water partition coefficient (Wildman–Crippen LogP) is 2.30. The Bertz CT molecular complexity index is 1210. The van der Waals surface area contributed by atoms with Gasteiger partial charge in [0.1, 0.15) is 0 Å². The van der Waals surface area contributed by atoms with Gasteiger partial charge in [0, 0.05) is 55.9 Å². The fraction of sp³-hybridized carbons (Fsp3) is 0.636. The van der Waals surface area contributed by atoms with E-state index in [-0.39, 0.29) is 78.6 Å². The third kappa shape index (κ3) is 9.67. The number of likely N-dealkylation sites (tertiary alicyclic amines) is 2. The van der Waals surface area contributed by atoms with Crippen molar-refractivity contribution in [2.75, 3.05) is 51.4 Å². The summed E-state index contributed by atoms with van der Waals surface area (Å²) in [6, 6.07) is 7.28. The Labute approximate surface area is 264 Å². The number of imide groups is 2. The Morgan fingerprint density at radius 2 is 1.49 bits per heavy atom. The first-order valence-electron chi connectivity index (χ1n) is 16.1. The van der Waals surface area contributed by atoms with Crippen LogP contribution in [0.4, 0.5) is 5.69 Å². The van der Waals surface area contributed by atoms with E-state index in [0.29, 0.717) is 58.0 Å². The van der Waals surface area contributed by atoms with Crippen molar-refractivity contribution < 1.29 is 38.2 Å². The zero-order valence-electron chi connectivity index (χ0n) is 26.4. The lowest BCUT2D eigenvalue weighted by atomic mass is 9.81. The van der Waals surface area contributed by atoms with Crippen LogP contribution in [0.25, 0.3) is 0 Å². The summed E-state index contributed by atoms with van der Waals surface area (Å²) < 4.78 is 11.0. The first kappa shape index (κ1) is 34.2. The van der Waals surface area contributed by atoms with E-state index in [2.05, 4.69) is 10.6 Å². The van der Waals surface area contributed by atoms with Crippen molar-refractivity contribution in [1.82, 2.24) is 15.1 Å². The highest BCUT2D eigenvalue weighted by molar-refractivity contribution is 6.04. The van der Waals surface area contributed by atoms with Gasteiger partial charge in [0.05, 0.1) is 32.8 Å². The van der Waals surface area contributed by atoms with Gasteiger partial charge >= 0.3 is 0 Å². The van der Waals surface area contributed by atoms with Crippen molar-refractivity contribution in [1.29, 1.82) is 0 Å². The molecule has 0 bridgehead atoms. The lowest BCUT2D eigenvalue weighted by Crippen LogP contribution is -2.47. The molecule has 12 nitrogen and oxygen atoms in total. The molecule has 3 fully saturated rings. The van der Waals surface area contributed by atoms with E-state index in [0.717, 1.165) is 31.2 Å². The average Bonchev–Trinajstić information content (AvgIpc) is 3.21. The molecule has 2 aliphatic heterocycles. The number of benzene rings is 1. The van der Waals surface area contributed by atoms with Gasteiger partial charge in [-0.15, -0.1) is 0 Å². The molecule has 4 rings (SSSR count). The number of carbonyl (C=O) groups excluding carboxylic acids is 6. The molecule has 1 aromatic rings. The summed E-state index contributed by atoms with van der Waals surface area (Å²) in [5, 5.41) is 5.75. The summed E-state index contributed by atoms with van der Waals surface area (Å²) in [7, 11) is 0. The quantitative estimate of drug-likeness (QED) is 0.161. The summed E-state index contributed by atoms with van der Waals surface area (Å²) in [4.78, 5) is 75.5. The molecule has 2 unspecified atom stereocenters. The topological polar surface area (TPSA) is 151 Å². The van der Waals surface area contributed by atoms with Gasteiger partial charge in [-0.2, -0.15) is 0 Å². The molecule has 2 N–H and O–H groups in total. The van der Waals surface area contributed by atoms with Crippen molar-refractivity contribution in [3.63, 3.8) is 0 Å². The number of ether oxygens (including phenoxy) is 2. The van der Waals surface area contributed by atoms with Crippen molar-refractivity contribution in [2.45, 2.75) is 65.2 Å². The lowest BCUT2D eigenvalue weighted by Gasteiger charge is -2.30. The molecule has 12 heteroatoms. The Hall–Kier alpha value is -3.64. The van der Waals surface area contributed by atoms with E-state index in [1.807, 2.05) is 26.0 Å². The summed E-state index contributed by atoms with van der Waals surface area (Å²) >= 11 is 0. The molecule has 45 heavy (non-hydrogen) atoms. The number of nitrogens with one attached hydrogen (secondary N) is 2. The van der Waals surface area contributed by atoms with Crippen LogP contribution >= 0.6 is 0 Å². The molecule has 1 aliphatic carbocycles. The molecule has 6 amide bonds. The number of nitrogens with zero attached hydrogens (tertiary/aromatic N) is 2. The SMILES string of the molecule is CC1C(=O)N(CC2CCC(C(=O)NCCOCCOCCC(=O)Nc3ccc(CCC(=O)N4CCC4=O)cc3)CC2)C(=O)C1C. The molecule has 2 atom stereocenters. The highest BCUT2D eigenvalue weighted by Gasteiger charge is 2.43. The number of β-lactam (4-membered cyclic amide) rings is 1. The molecule has 246 valence electrons. The number of hydrogen-bond acceptors (Lipinski definition) is 8. The van der Waals surface area contributed by atoms with Crippen LogP contribution < -0.4 is 10.6 Å². The van der Waals surface area contributed by atoms with Gasteiger partial charge < -0.3 is 20.1 Å². The third-order valence-electron chi connectivity index (χ3n) is 9.13. The highest BCUT2D eigenvalue weighted by Crippen LogP contribution is 2.32. The highest BCUT2D eigenvalue weighted by atomic mass is 16.5. The average molecular weight is 627 g/mol. The number of aryl methyl sites for hydroxylation is 1. The van der Waals surface area contributed by atoms with Crippen molar-refractivity contribution >= 4 is 41.1 Å². The van der Waals surface area contributed by atoms with Crippen molar-refractivity contribution in [2.24, 2.45) is 23.7 Å². The van der Waals surface area contributed by atoms with E-state index in [4.69, 9.17) is 9.47 Å². The van der Waals surface area contributed by atoms with E-state index < -0.39 is 0 Å². The largest absolute Gasteiger partial charge is 0.379 e. The van der Waals surface area contributed by atoms with Gasteiger partial charge in [0.25, 0.3) is 0 Å². The third-order valence-corrected chi connectivity index (χ3v) is 9.13. The maximum absolute atomic E-state index is 12.6. The van der Waals surface area contributed by atoms with Gasteiger partial charge in [-0.05, 0) is 55.7 Å². The van der Waals surface area contributed by atoms with Gasteiger partial charge in [0.15, 0.2) is 0 Å². The minimum Gasteiger partial charge on any atom is -0.379 e. The molecule has 2 heterocycles. The first-order valence-corrected chi connectivity index (χ1v) is 16.1. The fourth-order valence-corrected chi connectivity index (χ4v) is 5.89. The van der Waals surface area contributed by atoms with Crippen molar-refractivity contribution in [3.05, 3.63) is 29.8 Å². The molecule has 0 radical (unpaired) electrons. The Balaban J connectivity index is 0.971. The van der Waals surface area contributed by atoms with E-state index in [9.17, 15) is 28.8 Å². The monoisotopic (exact) mass is 626 g/mol. The molecule has 3 aliphatic rings. The van der Waals surface area contributed by atoms with E-state index >= 15 is 0 Å². The number of hydrogen-bond donors (Lipinski definition) is 2.